The zero-order chi connectivity index (χ0) is 32.9. The predicted molar refractivity (Wildman–Crippen MR) is 173 cm³/mol. The first-order chi connectivity index (χ1) is 23.5. The topological polar surface area (TPSA) is 92.1 Å². The maximum atomic E-state index is 13.5. The van der Waals surface area contributed by atoms with Crippen molar-refractivity contribution in [3.8, 4) is 17.1 Å². The summed E-state index contributed by atoms with van der Waals surface area (Å²) in [5.74, 6) is -1.16. The third-order valence-corrected chi connectivity index (χ3v) is 6.88. The van der Waals surface area contributed by atoms with Gasteiger partial charge in [0.2, 0.25) is 0 Å². The summed E-state index contributed by atoms with van der Waals surface area (Å²) in [6.45, 7) is 0. The fourth-order valence-corrected chi connectivity index (χ4v) is 4.59. The standard InChI is InChI=1S/3C12H7FN3.Ir/c3*13-9-5-1-4-8-12(9)16-14-10-6-2-3-7-11(10)15-16;/h3*2-8H;/q3*-1;+3. The second-order valence-corrected chi connectivity index (χ2v) is 10.1. The number of hydrogen-bond acceptors (Lipinski definition) is 6. The van der Waals surface area contributed by atoms with E-state index in [1.54, 1.807) is 36.4 Å². The van der Waals surface area contributed by atoms with Gasteiger partial charge in [-0.3, -0.25) is 13.2 Å². The average Bonchev–Trinajstić information content (AvgIpc) is 3.86. The van der Waals surface area contributed by atoms with Gasteiger partial charge in [-0.1, -0.05) is 36.4 Å². The van der Waals surface area contributed by atoms with Gasteiger partial charge in [0.25, 0.3) is 0 Å². The Bertz CT molecular complexity index is 2120. The van der Waals surface area contributed by atoms with Crippen LogP contribution >= 0.6 is 0 Å². The van der Waals surface area contributed by atoms with Gasteiger partial charge in [-0.25, -0.2) is 0 Å². The van der Waals surface area contributed by atoms with Crippen molar-refractivity contribution in [3.05, 3.63) is 163 Å². The van der Waals surface area contributed by atoms with E-state index in [0.29, 0.717) is 17.1 Å². The molecule has 0 saturated heterocycles. The van der Waals surface area contributed by atoms with E-state index in [9.17, 15) is 13.2 Å². The molecule has 3 heterocycles. The maximum absolute atomic E-state index is 13.5. The van der Waals surface area contributed by atoms with Crippen LogP contribution in [0.25, 0.3) is 50.2 Å². The quantitative estimate of drug-likeness (QED) is 0.177. The SMILES string of the molecule is Fc1c[c-]ccc1-n1nc2ccccc2n1.Fc1c[c-]ccc1-n1nc2ccccc2n1.Fc1c[c-]ccc1-n1nc2ccccc2n1.[Ir+3]. The van der Waals surface area contributed by atoms with Gasteiger partial charge >= 0.3 is 20.1 Å². The van der Waals surface area contributed by atoms with Gasteiger partial charge in [0.15, 0.2) is 0 Å². The van der Waals surface area contributed by atoms with Gasteiger partial charge in [-0.05, 0) is 36.4 Å². The average molecular weight is 829 g/mol. The van der Waals surface area contributed by atoms with Gasteiger partial charge in [0, 0.05) is 34.5 Å². The Hall–Kier alpha value is -6.04. The number of halogens is 3. The number of hydrogen-bond donors (Lipinski definition) is 0. The minimum atomic E-state index is -0.386. The van der Waals surface area contributed by atoms with E-state index in [1.165, 1.54) is 32.6 Å². The Labute approximate surface area is 290 Å². The van der Waals surface area contributed by atoms with E-state index in [0.717, 1.165) is 33.1 Å². The van der Waals surface area contributed by atoms with Crippen LogP contribution in [0.2, 0.25) is 0 Å². The van der Waals surface area contributed by atoms with Crippen LogP contribution in [0.4, 0.5) is 13.2 Å². The molecule has 9 rings (SSSR count). The smallest absolute Gasteiger partial charge is 0.282 e. The Morgan fingerprint density at radius 2 is 0.592 bits per heavy atom. The second kappa shape index (κ2) is 14.8. The normalized spacial score (nSPS) is 10.6. The summed E-state index contributed by atoms with van der Waals surface area (Å²) in [6, 6.07) is 43.7. The van der Waals surface area contributed by atoms with Crippen molar-refractivity contribution in [2.75, 3.05) is 0 Å². The van der Waals surface area contributed by atoms with E-state index >= 15 is 0 Å². The molecule has 0 amide bonds. The maximum Gasteiger partial charge on any atom is 3.00 e. The molecule has 6 aromatic carbocycles. The molecule has 0 fully saturated rings. The first-order valence-corrected chi connectivity index (χ1v) is 14.5. The number of fused-ring (bicyclic) bond motifs is 3. The van der Waals surface area contributed by atoms with Crippen molar-refractivity contribution in [3.63, 3.8) is 0 Å². The van der Waals surface area contributed by atoms with Crippen LogP contribution in [0.5, 0.6) is 0 Å². The van der Waals surface area contributed by atoms with Gasteiger partial charge in [0.1, 0.15) is 33.1 Å². The molecule has 3 aromatic heterocycles. The number of rotatable bonds is 3. The summed E-state index contributed by atoms with van der Waals surface area (Å²) >= 11 is 0. The fourth-order valence-electron chi connectivity index (χ4n) is 4.59. The molecule has 0 radical (unpaired) electrons. The van der Waals surface area contributed by atoms with Crippen molar-refractivity contribution in [1.82, 2.24) is 45.0 Å². The molecule has 9 nitrogen and oxygen atoms in total. The minimum absolute atomic E-state index is 0. The monoisotopic (exact) mass is 829 g/mol. The summed E-state index contributed by atoms with van der Waals surface area (Å²) in [7, 11) is 0. The van der Waals surface area contributed by atoms with Crippen LogP contribution in [0.15, 0.2) is 127 Å². The third-order valence-electron chi connectivity index (χ3n) is 6.88. The van der Waals surface area contributed by atoms with E-state index < -0.39 is 0 Å². The van der Waals surface area contributed by atoms with Crippen LogP contribution in [0, 0.1) is 35.7 Å². The van der Waals surface area contributed by atoms with Crippen molar-refractivity contribution >= 4 is 33.1 Å². The molecular formula is C36H21F3IrN9. The van der Waals surface area contributed by atoms with Crippen LogP contribution in [0.3, 0.4) is 0 Å². The van der Waals surface area contributed by atoms with E-state index in [1.807, 2.05) is 72.8 Å². The molecule has 49 heavy (non-hydrogen) atoms. The molecule has 9 aromatic rings. The van der Waals surface area contributed by atoms with Crippen LogP contribution in [-0.4, -0.2) is 45.0 Å². The van der Waals surface area contributed by atoms with E-state index in [4.69, 9.17) is 0 Å². The van der Waals surface area contributed by atoms with Crippen LogP contribution < -0.4 is 0 Å². The van der Waals surface area contributed by atoms with Gasteiger partial charge in [0.05, 0.1) is 0 Å². The molecule has 0 aliphatic heterocycles. The second-order valence-electron chi connectivity index (χ2n) is 10.1. The van der Waals surface area contributed by atoms with Gasteiger partial charge in [-0.2, -0.15) is 81.4 Å². The first kappa shape index (κ1) is 32.9. The zero-order valence-corrected chi connectivity index (χ0v) is 27.5. The third kappa shape index (κ3) is 7.28. The molecular weight excluding hydrogens is 808 g/mol. The Morgan fingerprint density at radius 1 is 0.367 bits per heavy atom. The zero-order valence-electron chi connectivity index (χ0n) is 25.1. The molecule has 0 aliphatic rings. The molecule has 0 spiro atoms. The van der Waals surface area contributed by atoms with Crippen molar-refractivity contribution in [2.45, 2.75) is 0 Å². The van der Waals surface area contributed by atoms with Crippen molar-refractivity contribution < 1.29 is 33.3 Å². The fraction of sp³-hybridized carbons (Fsp3) is 0. The molecule has 0 atom stereocenters. The van der Waals surface area contributed by atoms with Crippen molar-refractivity contribution in [2.24, 2.45) is 0 Å². The minimum Gasteiger partial charge on any atom is -0.282 e. The number of benzene rings is 6. The number of aromatic nitrogens is 9. The molecule has 0 saturated carbocycles. The predicted octanol–water partition coefficient (Wildman–Crippen LogP) is 7.08. The molecule has 0 unspecified atom stereocenters. The van der Waals surface area contributed by atoms with Gasteiger partial charge in [-0.15, -0.1) is 36.4 Å². The van der Waals surface area contributed by atoms with E-state index in [2.05, 4.69) is 48.8 Å². The molecule has 13 heteroatoms. The van der Waals surface area contributed by atoms with Gasteiger partial charge < -0.3 is 0 Å². The Morgan fingerprint density at radius 3 is 0.796 bits per heavy atom. The first-order valence-electron chi connectivity index (χ1n) is 14.5. The van der Waals surface area contributed by atoms with E-state index in [-0.39, 0.29) is 37.6 Å². The van der Waals surface area contributed by atoms with Crippen LogP contribution in [0.1, 0.15) is 0 Å². The molecule has 240 valence electrons. The Kier molecular flexibility index (Phi) is 9.93. The summed E-state index contributed by atoms with van der Waals surface area (Å²) < 4.78 is 40.4. The summed E-state index contributed by atoms with van der Waals surface area (Å²) in [6.07, 6.45) is 0. The van der Waals surface area contributed by atoms with Crippen LogP contribution in [-0.2, 0) is 20.1 Å². The Balaban J connectivity index is 0.000000126. The summed E-state index contributed by atoms with van der Waals surface area (Å²) in [4.78, 5) is 3.90. The molecule has 0 N–H and O–H groups in total. The largest absolute Gasteiger partial charge is 3.00 e. The summed E-state index contributed by atoms with van der Waals surface area (Å²) in [5, 5.41) is 25.2. The molecule has 0 aliphatic carbocycles. The summed E-state index contributed by atoms with van der Waals surface area (Å²) in [5.41, 5.74) is 5.46. The number of nitrogens with zero attached hydrogens (tertiary/aromatic N) is 9. The van der Waals surface area contributed by atoms with Crippen molar-refractivity contribution in [1.29, 1.82) is 0 Å². The molecule has 0 bridgehead atoms.